The maximum absolute atomic E-state index is 13.1. The summed E-state index contributed by atoms with van der Waals surface area (Å²) in [4.78, 5) is 24.0. The summed E-state index contributed by atoms with van der Waals surface area (Å²) in [6, 6.07) is 10.6. The van der Waals surface area contributed by atoms with Crippen LogP contribution in [0.3, 0.4) is 0 Å². The van der Waals surface area contributed by atoms with Crippen molar-refractivity contribution in [2.75, 3.05) is 26.2 Å². The van der Waals surface area contributed by atoms with Gasteiger partial charge in [-0.2, -0.15) is 4.31 Å². The molecule has 35 heavy (non-hydrogen) atoms. The third-order valence-corrected chi connectivity index (χ3v) is 9.67. The number of sulfonamides is 1. The number of carbonyl (C=O) groups is 1. The van der Waals surface area contributed by atoms with Crippen molar-refractivity contribution in [1.29, 1.82) is 0 Å². The van der Waals surface area contributed by atoms with Crippen molar-refractivity contribution < 1.29 is 13.2 Å². The molecule has 0 bridgehead atoms. The van der Waals surface area contributed by atoms with Crippen LogP contribution in [0.25, 0.3) is 0 Å². The predicted octanol–water partition coefficient (Wildman–Crippen LogP) is 4.77. The molecule has 0 spiro atoms. The van der Waals surface area contributed by atoms with E-state index in [-0.39, 0.29) is 16.7 Å². The average molecular weight is 533 g/mol. The molecule has 10 heteroatoms. The molecule has 0 radical (unpaired) electrons. The lowest BCUT2D eigenvalue weighted by molar-refractivity contribution is 0.0760. The van der Waals surface area contributed by atoms with Gasteiger partial charge in [-0.3, -0.25) is 9.78 Å². The second kappa shape index (κ2) is 11.2. The fraction of sp³-hybridized carbons (Fsp3) is 0.400. The minimum Gasteiger partial charge on any atom is -0.337 e. The van der Waals surface area contributed by atoms with Crippen molar-refractivity contribution in [1.82, 2.24) is 19.2 Å². The van der Waals surface area contributed by atoms with Crippen LogP contribution < -0.4 is 0 Å². The third-order valence-electron chi connectivity index (χ3n) is 6.36. The zero-order valence-corrected chi connectivity index (χ0v) is 22.2. The number of benzene rings is 1. The molecule has 7 nitrogen and oxygen atoms in total. The van der Waals surface area contributed by atoms with Gasteiger partial charge in [0, 0.05) is 60.8 Å². The summed E-state index contributed by atoms with van der Waals surface area (Å²) >= 11 is 7.63. The molecule has 0 atom stereocenters. The molecular weight excluding hydrogens is 504 g/mol. The molecule has 186 valence electrons. The van der Waals surface area contributed by atoms with Gasteiger partial charge in [-0.1, -0.05) is 23.7 Å². The molecule has 0 saturated carbocycles. The van der Waals surface area contributed by atoms with Crippen LogP contribution in [0.2, 0.25) is 5.02 Å². The molecule has 1 aromatic carbocycles. The first kappa shape index (κ1) is 25.8. The van der Waals surface area contributed by atoms with Crippen molar-refractivity contribution in [3.63, 3.8) is 0 Å². The largest absolute Gasteiger partial charge is 0.337 e. The first-order valence-electron chi connectivity index (χ1n) is 11.7. The lowest BCUT2D eigenvalue weighted by Gasteiger charge is -2.30. The number of aromatic nitrogens is 2. The quantitative estimate of drug-likeness (QED) is 0.417. The maximum atomic E-state index is 13.1. The van der Waals surface area contributed by atoms with Crippen LogP contribution in [0, 0.1) is 6.92 Å². The zero-order valence-electron chi connectivity index (χ0n) is 19.9. The number of hydrogen-bond acceptors (Lipinski definition) is 6. The molecule has 0 N–H and O–H groups in total. The molecule has 2 aromatic heterocycles. The van der Waals surface area contributed by atoms with E-state index < -0.39 is 10.0 Å². The molecule has 1 aliphatic heterocycles. The van der Waals surface area contributed by atoms with E-state index in [1.807, 2.05) is 37.4 Å². The Balaban J connectivity index is 1.37. The topological polar surface area (TPSA) is 83.5 Å². The normalized spacial score (nSPS) is 15.3. The number of rotatable bonds is 8. The summed E-state index contributed by atoms with van der Waals surface area (Å²) in [5.41, 5.74) is 2.25. The number of carbonyl (C=O) groups excluding carboxylic acids is 1. The summed E-state index contributed by atoms with van der Waals surface area (Å²) < 4.78 is 27.6. The van der Waals surface area contributed by atoms with Gasteiger partial charge in [0.2, 0.25) is 10.0 Å². The molecule has 3 aromatic rings. The molecule has 1 aliphatic rings. The number of nitrogens with zero attached hydrogens (tertiary/aromatic N) is 4. The fourth-order valence-corrected chi connectivity index (χ4v) is 6.87. The molecule has 1 saturated heterocycles. The highest BCUT2D eigenvalue weighted by Gasteiger charge is 2.31. The van der Waals surface area contributed by atoms with Gasteiger partial charge in [0.15, 0.2) is 0 Å². The van der Waals surface area contributed by atoms with Crippen molar-refractivity contribution >= 4 is 38.9 Å². The standard InChI is InChI=1S/C25H29ClN4O3S2/c1-3-29(13-11-20-6-4-5-12-27-20)25(31)23-17-34-24(28-23)19-9-14-30(15-10-19)35(32,33)21-8-7-18(2)22(26)16-21/h4-8,12,16-17,19H,3,9-11,13-15H2,1-2H3. The Hall–Kier alpha value is -2.33. The van der Waals surface area contributed by atoms with E-state index in [9.17, 15) is 13.2 Å². The summed E-state index contributed by atoms with van der Waals surface area (Å²) in [5, 5.41) is 3.16. The molecular formula is C25H29ClN4O3S2. The number of hydrogen-bond donors (Lipinski definition) is 0. The summed E-state index contributed by atoms with van der Waals surface area (Å²) in [6.45, 7) is 5.80. The number of pyridine rings is 1. The molecule has 0 unspecified atom stereocenters. The minimum absolute atomic E-state index is 0.0813. The number of piperidine rings is 1. The summed E-state index contributed by atoms with van der Waals surface area (Å²) in [7, 11) is -3.59. The maximum Gasteiger partial charge on any atom is 0.273 e. The Morgan fingerprint density at radius 3 is 2.66 bits per heavy atom. The van der Waals surface area contributed by atoms with E-state index in [1.165, 1.54) is 21.7 Å². The Bertz CT molecular complexity index is 1270. The van der Waals surface area contributed by atoms with E-state index in [0.29, 0.717) is 56.2 Å². The number of likely N-dealkylation sites (N-methyl/N-ethyl adjacent to an activating group) is 1. The first-order chi connectivity index (χ1) is 16.8. The number of amides is 1. The molecule has 1 fully saturated rings. The highest BCUT2D eigenvalue weighted by molar-refractivity contribution is 7.89. The van der Waals surface area contributed by atoms with Crippen molar-refractivity contribution in [3.05, 3.63) is 75.0 Å². The highest BCUT2D eigenvalue weighted by atomic mass is 35.5. The van der Waals surface area contributed by atoms with E-state index in [2.05, 4.69) is 9.97 Å². The molecule has 0 aliphatic carbocycles. The van der Waals surface area contributed by atoms with Gasteiger partial charge in [-0.25, -0.2) is 13.4 Å². The summed E-state index contributed by atoms with van der Waals surface area (Å²) in [6.07, 6.45) is 3.78. The van der Waals surface area contributed by atoms with Crippen molar-refractivity contribution in [3.8, 4) is 0 Å². The smallest absolute Gasteiger partial charge is 0.273 e. The Kier molecular flexibility index (Phi) is 8.21. The van der Waals surface area contributed by atoms with Gasteiger partial charge >= 0.3 is 0 Å². The van der Waals surface area contributed by atoms with Crippen LogP contribution in [0.5, 0.6) is 0 Å². The van der Waals surface area contributed by atoms with Gasteiger partial charge < -0.3 is 4.90 Å². The van der Waals surface area contributed by atoms with Crippen LogP contribution in [0.4, 0.5) is 0 Å². The lowest BCUT2D eigenvalue weighted by atomic mass is 9.99. The second-order valence-corrected chi connectivity index (χ2v) is 11.9. The second-order valence-electron chi connectivity index (χ2n) is 8.62. The molecule has 1 amide bonds. The number of halogens is 1. The number of thiazole rings is 1. The van der Waals surface area contributed by atoms with Crippen LogP contribution in [-0.4, -0.2) is 59.7 Å². The van der Waals surface area contributed by atoms with Crippen molar-refractivity contribution in [2.45, 2.75) is 43.9 Å². The van der Waals surface area contributed by atoms with E-state index in [1.54, 1.807) is 23.2 Å². The van der Waals surface area contributed by atoms with Crippen molar-refractivity contribution in [2.24, 2.45) is 0 Å². The highest BCUT2D eigenvalue weighted by Crippen LogP contribution is 2.33. The minimum atomic E-state index is -3.59. The van der Waals surface area contributed by atoms with E-state index >= 15 is 0 Å². The Morgan fingerprint density at radius 2 is 2.00 bits per heavy atom. The van der Waals surface area contributed by atoms with E-state index in [4.69, 9.17) is 11.6 Å². The Labute approximate surface area is 215 Å². The van der Waals surface area contributed by atoms with Crippen LogP contribution in [0.15, 0.2) is 52.9 Å². The van der Waals surface area contributed by atoms with Gasteiger partial charge in [0.25, 0.3) is 5.91 Å². The van der Waals surface area contributed by atoms with E-state index in [0.717, 1.165) is 16.3 Å². The van der Waals surface area contributed by atoms with Crippen LogP contribution >= 0.6 is 22.9 Å². The average Bonchev–Trinajstić information content (AvgIpc) is 3.37. The SMILES string of the molecule is CCN(CCc1ccccn1)C(=O)c1csc(C2CCN(S(=O)(=O)c3ccc(C)c(Cl)c3)CC2)n1. The zero-order chi connectivity index (χ0) is 25.0. The van der Waals surface area contributed by atoms with Gasteiger partial charge in [-0.15, -0.1) is 11.3 Å². The fourth-order valence-electron chi connectivity index (χ4n) is 4.16. The lowest BCUT2D eigenvalue weighted by Crippen LogP contribution is -2.38. The number of aryl methyl sites for hydroxylation is 1. The van der Waals surface area contributed by atoms with Gasteiger partial charge in [-0.05, 0) is 56.5 Å². The Morgan fingerprint density at radius 1 is 1.23 bits per heavy atom. The van der Waals surface area contributed by atoms with Gasteiger partial charge in [0.05, 0.1) is 9.90 Å². The van der Waals surface area contributed by atoms with Gasteiger partial charge in [0.1, 0.15) is 5.69 Å². The van der Waals surface area contributed by atoms with Crippen LogP contribution in [-0.2, 0) is 16.4 Å². The molecule has 3 heterocycles. The van der Waals surface area contributed by atoms with Crippen LogP contribution in [0.1, 0.15) is 52.4 Å². The first-order valence-corrected chi connectivity index (χ1v) is 14.4. The summed E-state index contributed by atoms with van der Waals surface area (Å²) in [5.74, 6) is 0.0559. The predicted molar refractivity (Wildman–Crippen MR) is 139 cm³/mol. The monoisotopic (exact) mass is 532 g/mol. The molecule has 4 rings (SSSR count). The third kappa shape index (κ3) is 5.91.